The molecule has 0 bridgehead atoms. The van der Waals surface area contributed by atoms with E-state index in [4.69, 9.17) is 28.4 Å². The van der Waals surface area contributed by atoms with Gasteiger partial charge in [-0.25, -0.2) is 0 Å². The highest BCUT2D eigenvalue weighted by molar-refractivity contribution is 4.95. The molecule has 3 rings (SSSR count). The zero-order chi connectivity index (χ0) is 27.7. The van der Waals surface area contributed by atoms with E-state index in [-0.39, 0.29) is 6.42 Å². The van der Waals surface area contributed by atoms with Crippen molar-refractivity contribution in [1.82, 2.24) is 0 Å². The first-order valence-corrected chi connectivity index (χ1v) is 12.2. The standard InChI is InChI=1S/C22H40O15/c1-22(2,3)37-19-8(26)4-9(10(5-23)33-19)32-21-17(31)18(14(28)12(7-25)35-21)36-20-16(30)15(29)13(27)11(6-24)34-20/h8-21,23-31H,4-7H2,1-3H3/t8?,9-,10?,11?,12?,13-,14-,15-,16?,17?,18-,19-,20-,21+/m0/s1. The zero-order valence-corrected chi connectivity index (χ0v) is 20.9. The maximum absolute atomic E-state index is 10.9. The van der Waals surface area contributed by atoms with Gasteiger partial charge >= 0.3 is 0 Å². The lowest BCUT2D eigenvalue weighted by atomic mass is 9.96. The van der Waals surface area contributed by atoms with E-state index in [0.717, 1.165) is 0 Å². The molecule has 0 aromatic rings. The molecule has 0 aromatic heterocycles. The molecule has 3 fully saturated rings. The van der Waals surface area contributed by atoms with Crippen LogP contribution in [0.2, 0.25) is 0 Å². The van der Waals surface area contributed by atoms with E-state index in [0.29, 0.717) is 0 Å². The first-order valence-electron chi connectivity index (χ1n) is 12.2. The molecule has 6 unspecified atom stereocenters. The monoisotopic (exact) mass is 544 g/mol. The van der Waals surface area contributed by atoms with Crippen molar-refractivity contribution in [2.75, 3.05) is 19.8 Å². The summed E-state index contributed by atoms with van der Waals surface area (Å²) in [7, 11) is 0. The third-order valence-electron chi connectivity index (χ3n) is 6.43. The summed E-state index contributed by atoms with van der Waals surface area (Å²) >= 11 is 0. The topological polar surface area (TPSA) is 237 Å². The molecule has 3 saturated heterocycles. The Morgan fingerprint density at radius 1 is 0.622 bits per heavy atom. The van der Waals surface area contributed by atoms with Crippen LogP contribution in [0.25, 0.3) is 0 Å². The van der Waals surface area contributed by atoms with Crippen molar-refractivity contribution >= 4 is 0 Å². The highest BCUT2D eigenvalue weighted by atomic mass is 16.8. The van der Waals surface area contributed by atoms with Crippen LogP contribution in [-0.4, -0.2) is 157 Å². The zero-order valence-electron chi connectivity index (χ0n) is 20.9. The first-order chi connectivity index (χ1) is 17.3. The van der Waals surface area contributed by atoms with Gasteiger partial charge in [-0.1, -0.05) is 0 Å². The normalized spacial score (nSPS) is 47.7. The van der Waals surface area contributed by atoms with Gasteiger partial charge in [-0.3, -0.25) is 0 Å². The van der Waals surface area contributed by atoms with Gasteiger partial charge in [0, 0.05) is 6.42 Å². The van der Waals surface area contributed by atoms with E-state index in [1.54, 1.807) is 20.8 Å². The van der Waals surface area contributed by atoms with Crippen LogP contribution in [0.15, 0.2) is 0 Å². The second-order valence-corrected chi connectivity index (χ2v) is 10.4. The maximum Gasteiger partial charge on any atom is 0.187 e. The van der Waals surface area contributed by atoms with Crippen LogP contribution in [0, 0.1) is 0 Å². The van der Waals surface area contributed by atoms with Crippen molar-refractivity contribution in [3.8, 4) is 0 Å². The predicted molar refractivity (Wildman–Crippen MR) is 118 cm³/mol. The van der Waals surface area contributed by atoms with E-state index in [1.807, 2.05) is 0 Å². The molecule has 15 heteroatoms. The van der Waals surface area contributed by atoms with Crippen LogP contribution in [-0.2, 0) is 28.4 Å². The van der Waals surface area contributed by atoms with Crippen molar-refractivity contribution in [2.24, 2.45) is 0 Å². The van der Waals surface area contributed by atoms with Crippen LogP contribution in [0.3, 0.4) is 0 Å². The number of ether oxygens (including phenoxy) is 6. The summed E-state index contributed by atoms with van der Waals surface area (Å²) in [5, 5.41) is 91.2. The van der Waals surface area contributed by atoms with Gasteiger partial charge in [-0.05, 0) is 20.8 Å². The Hall–Kier alpha value is -0.600. The van der Waals surface area contributed by atoms with E-state index >= 15 is 0 Å². The summed E-state index contributed by atoms with van der Waals surface area (Å²) in [5.41, 5.74) is -0.651. The van der Waals surface area contributed by atoms with Gasteiger partial charge in [-0.2, -0.15) is 0 Å². The Morgan fingerprint density at radius 2 is 1.14 bits per heavy atom. The Bertz CT molecular complexity index is 704. The van der Waals surface area contributed by atoms with Crippen molar-refractivity contribution in [1.29, 1.82) is 0 Å². The fraction of sp³-hybridized carbons (Fsp3) is 1.00. The molecular weight excluding hydrogens is 504 g/mol. The molecule has 37 heavy (non-hydrogen) atoms. The highest BCUT2D eigenvalue weighted by Crippen LogP contribution is 2.33. The van der Waals surface area contributed by atoms with Crippen LogP contribution < -0.4 is 0 Å². The predicted octanol–water partition coefficient (Wildman–Crippen LogP) is -4.72. The first kappa shape index (κ1) is 30.9. The molecule has 3 heterocycles. The minimum absolute atomic E-state index is 0.0802. The second kappa shape index (κ2) is 12.7. The average molecular weight is 545 g/mol. The molecule has 3 aliphatic heterocycles. The molecular formula is C22H40O15. The summed E-state index contributed by atoms with van der Waals surface area (Å²) in [6, 6.07) is 0. The molecule has 9 N–H and O–H groups in total. The Kier molecular flexibility index (Phi) is 10.6. The third-order valence-corrected chi connectivity index (χ3v) is 6.43. The molecule has 218 valence electrons. The SMILES string of the molecule is CC(C)(C)O[C@@H]1OC(CO)[C@@H](O[C@@H]2OC(CO)[C@H](O)[C@H](O[C@@H]3OC(CO)[C@H](O)[C@H](O)C3O)C2O)CC1O. The maximum atomic E-state index is 10.9. The van der Waals surface area contributed by atoms with Gasteiger partial charge < -0.3 is 74.4 Å². The Morgan fingerprint density at radius 3 is 1.68 bits per heavy atom. The molecule has 0 aliphatic carbocycles. The molecule has 0 spiro atoms. The summed E-state index contributed by atoms with van der Waals surface area (Å²) in [6.45, 7) is 3.32. The lowest BCUT2D eigenvalue weighted by molar-refractivity contribution is -0.374. The molecule has 3 aliphatic rings. The van der Waals surface area contributed by atoms with E-state index in [1.165, 1.54) is 0 Å². The smallest absolute Gasteiger partial charge is 0.187 e. The molecule has 0 saturated carbocycles. The van der Waals surface area contributed by atoms with Gasteiger partial charge in [-0.15, -0.1) is 0 Å². The molecule has 0 radical (unpaired) electrons. The molecule has 0 aromatic carbocycles. The van der Waals surface area contributed by atoms with Crippen LogP contribution in [0.4, 0.5) is 0 Å². The highest BCUT2D eigenvalue weighted by Gasteiger charge is 2.52. The van der Waals surface area contributed by atoms with Crippen LogP contribution in [0.1, 0.15) is 27.2 Å². The number of aliphatic hydroxyl groups excluding tert-OH is 9. The van der Waals surface area contributed by atoms with Crippen molar-refractivity contribution < 1.29 is 74.4 Å². The number of hydrogen-bond acceptors (Lipinski definition) is 15. The van der Waals surface area contributed by atoms with Crippen LogP contribution in [0.5, 0.6) is 0 Å². The van der Waals surface area contributed by atoms with Gasteiger partial charge in [0.05, 0.1) is 31.5 Å². The number of aliphatic hydroxyl groups is 9. The number of hydrogen-bond donors (Lipinski definition) is 9. The lowest BCUT2D eigenvalue weighted by Crippen LogP contribution is -2.65. The van der Waals surface area contributed by atoms with Crippen molar-refractivity contribution in [3.05, 3.63) is 0 Å². The fourth-order valence-corrected chi connectivity index (χ4v) is 4.44. The minimum Gasteiger partial charge on any atom is -0.394 e. The largest absolute Gasteiger partial charge is 0.394 e. The van der Waals surface area contributed by atoms with Gasteiger partial charge in [0.1, 0.15) is 61.0 Å². The lowest BCUT2D eigenvalue weighted by Gasteiger charge is -2.47. The quantitative estimate of drug-likeness (QED) is 0.139. The fourth-order valence-electron chi connectivity index (χ4n) is 4.44. The Balaban J connectivity index is 1.73. The van der Waals surface area contributed by atoms with E-state index in [9.17, 15) is 46.0 Å². The molecule has 0 amide bonds. The van der Waals surface area contributed by atoms with Crippen molar-refractivity contribution in [2.45, 2.75) is 119 Å². The van der Waals surface area contributed by atoms with Gasteiger partial charge in [0.2, 0.25) is 0 Å². The summed E-state index contributed by atoms with van der Waals surface area (Å²) in [4.78, 5) is 0. The van der Waals surface area contributed by atoms with E-state index in [2.05, 4.69) is 0 Å². The molecule has 15 nitrogen and oxygen atoms in total. The summed E-state index contributed by atoms with van der Waals surface area (Å²) in [6.07, 6.45) is -20.4. The third kappa shape index (κ3) is 7.13. The van der Waals surface area contributed by atoms with E-state index < -0.39 is 111 Å². The Labute approximate surface area is 213 Å². The molecule has 14 atom stereocenters. The minimum atomic E-state index is -1.81. The van der Waals surface area contributed by atoms with Crippen molar-refractivity contribution in [3.63, 3.8) is 0 Å². The summed E-state index contributed by atoms with van der Waals surface area (Å²) < 4.78 is 33.4. The number of rotatable bonds is 8. The second-order valence-electron chi connectivity index (χ2n) is 10.4. The summed E-state index contributed by atoms with van der Waals surface area (Å²) in [5.74, 6) is 0. The van der Waals surface area contributed by atoms with Crippen LogP contribution >= 0.6 is 0 Å². The van der Waals surface area contributed by atoms with Gasteiger partial charge in [0.25, 0.3) is 0 Å². The van der Waals surface area contributed by atoms with Gasteiger partial charge in [0.15, 0.2) is 18.9 Å². The average Bonchev–Trinajstić information content (AvgIpc) is 2.84.